The first-order valence-electron chi connectivity index (χ1n) is 34.8. The molecule has 0 aliphatic rings. The number of Topliss-reactive ketones (excluding diaryl/α,β-unsaturated/α-hetero) is 11. The molecule has 0 aliphatic heterocycles. The summed E-state index contributed by atoms with van der Waals surface area (Å²) in [5.74, 6) is 6.71. The Balaban J connectivity index is -0.0000000823. The molecule has 0 spiro atoms. The molecule has 0 aromatic carbocycles. The molecular formula is C77H154O11. The molecule has 0 amide bonds. The Morgan fingerprint density at radius 3 is 0.943 bits per heavy atom. The number of ketones is 11. The standard InChI is InChI=1S/11C7H14O/c1-6(8)5-7(2,3)4;1-6(2)4-5-7(3)8;1-5-6(8)7(2,3)4;1-5(2)6(3)7(4)8;1-4-6(2)5-7(3)8;1-4-7(8)5-6(2)3;1-4-5-6(2)7(3)8;1-4-5-7(8)6(2)3;1-3-4-5-6-7(2)8;1-3-5-6-7(8)4-2;1-3-5-7(8)6-4-2/h5H2,1-4H3;6H,4-5H2,1-3H3;5H2,1-4H3;5-6H,1-4H3;4*6H,4-5H2,1-3H3;3*3-6H2,1-2H3. The van der Waals surface area contributed by atoms with E-state index in [-0.39, 0.29) is 34.4 Å². The highest BCUT2D eigenvalue weighted by Crippen LogP contribution is 2.18. The van der Waals surface area contributed by atoms with Gasteiger partial charge in [0.25, 0.3) is 0 Å². The summed E-state index contributed by atoms with van der Waals surface area (Å²) < 4.78 is 0. The van der Waals surface area contributed by atoms with Crippen molar-refractivity contribution < 1.29 is 52.7 Å². The maximum absolute atomic E-state index is 10.8. The van der Waals surface area contributed by atoms with E-state index >= 15 is 0 Å². The van der Waals surface area contributed by atoms with Gasteiger partial charge >= 0.3 is 0 Å². The fraction of sp³-hybridized carbons (Fsp3) is 0.857. The summed E-state index contributed by atoms with van der Waals surface area (Å²) in [5, 5.41) is 0. The van der Waals surface area contributed by atoms with E-state index in [4.69, 9.17) is 0 Å². The SMILES string of the molecule is CC(=O)C(C)C(C)C.CC(=O)CC(C)(C)C.CC(=O)CCC(C)C.CCC(=O)C(C)(C)C.CCC(=O)CC(C)C.CCC(C)CC(C)=O.CCCC(=O)C(C)C.CCCC(=O)CCC.CCCC(C)C(C)=O.CCCCC(=O)CC.CCCCCC(C)=O. The van der Waals surface area contributed by atoms with Crippen molar-refractivity contribution >= 4 is 63.6 Å². The van der Waals surface area contributed by atoms with Gasteiger partial charge in [0, 0.05) is 100 Å². The zero-order valence-electron chi connectivity index (χ0n) is 65.0. The van der Waals surface area contributed by atoms with E-state index < -0.39 is 0 Å². The zero-order chi connectivity index (χ0) is 72.4. The van der Waals surface area contributed by atoms with Crippen LogP contribution in [0.15, 0.2) is 0 Å². The lowest BCUT2D eigenvalue weighted by Crippen LogP contribution is -2.18. The predicted molar refractivity (Wildman–Crippen MR) is 382 cm³/mol. The molecule has 0 rings (SSSR count). The average Bonchev–Trinajstić information content (AvgIpc) is 3.39. The Bertz CT molecular complexity index is 1670. The van der Waals surface area contributed by atoms with E-state index in [1.165, 1.54) is 12.8 Å². The maximum atomic E-state index is 10.8. The minimum atomic E-state index is -0.130. The first-order valence-corrected chi connectivity index (χ1v) is 34.8. The molecule has 3 unspecified atom stereocenters. The number of carbonyl (C=O) groups excluding carboxylic acids is 11. The fourth-order valence-corrected chi connectivity index (χ4v) is 6.50. The van der Waals surface area contributed by atoms with Gasteiger partial charge in [0.15, 0.2) is 0 Å². The van der Waals surface area contributed by atoms with Crippen molar-refractivity contribution in [3.8, 4) is 0 Å². The second kappa shape index (κ2) is 75.8. The van der Waals surface area contributed by atoms with Crippen LogP contribution in [0.4, 0.5) is 0 Å². The Morgan fingerprint density at radius 1 is 0.364 bits per heavy atom. The van der Waals surface area contributed by atoms with Crippen LogP contribution in [0.25, 0.3) is 0 Å². The van der Waals surface area contributed by atoms with Crippen molar-refractivity contribution in [1.82, 2.24) is 0 Å². The second-order valence-corrected chi connectivity index (χ2v) is 27.5. The molecule has 0 aliphatic carbocycles. The molecule has 11 heteroatoms. The lowest BCUT2D eigenvalue weighted by Gasteiger charge is -2.14. The summed E-state index contributed by atoms with van der Waals surface area (Å²) in [6.07, 6.45) is 21.8. The topological polar surface area (TPSA) is 188 Å². The van der Waals surface area contributed by atoms with Crippen LogP contribution >= 0.6 is 0 Å². The lowest BCUT2D eigenvalue weighted by molar-refractivity contribution is -0.126. The summed E-state index contributed by atoms with van der Waals surface area (Å²) in [5.41, 5.74) is 0.0422. The van der Waals surface area contributed by atoms with Gasteiger partial charge < -0.3 is 19.2 Å². The van der Waals surface area contributed by atoms with Crippen LogP contribution in [0.3, 0.4) is 0 Å². The third-order valence-corrected chi connectivity index (χ3v) is 13.0. The van der Waals surface area contributed by atoms with Crippen molar-refractivity contribution in [1.29, 1.82) is 0 Å². The average molecular weight is 1260 g/mol. The van der Waals surface area contributed by atoms with Crippen molar-refractivity contribution in [2.24, 2.45) is 52.3 Å². The minimum absolute atomic E-state index is 0.130. The van der Waals surface area contributed by atoms with Crippen LogP contribution in [0.1, 0.15) is 383 Å². The molecule has 0 saturated heterocycles. The van der Waals surface area contributed by atoms with E-state index in [2.05, 4.69) is 96.9 Å². The second-order valence-electron chi connectivity index (χ2n) is 27.5. The highest BCUT2D eigenvalue weighted by atomic mass is 16.2. The Morgan fingerprint density at radius 2 is 0.795 bits per heavy atom. The predicted octanol–water partition coefficient (Wildman–Crippen LogP) is 22.4. The van der Waals surface area contributed by atoms with Gasteiger partial charge in [-0.25, -0.2) is 0 Å². The molecule has 0 aromatic heterocycles. The zero-order valence-corrected chi connectivity index (χ0v) is 65.0. The summed E-state index contributed by atoms with van der Waals surface area (Å²) in [7, 11) is 0. The molecule has 0 bridgehead atoms. The Hall–Kier alpha value is -3.63. The van der Waals surface area contributed by atoms with Crippen LogP contribution in [-0.4, -0.2) is 63.6 Å². The molecule has 0 fully saturated rings. The molecular weight excluding hydrogens is 1100 g/mol. The number of unbranched alkanes of at least 4 members (excludes halogenated alkanes) is 3. The van der Waals surface area contributed by atoms with Crippen molar-refractivity contribution in [2.75, 3.05) is 0 Å². The molecule has 0 saturated carbocycles. The molecule has 88 heavy (non-hydrogen) atoms. The van der Waals surface area contributed by atoms with Crippen LogP contribution in [0.2, 0.25) is 0 Å². The summed E-state index contributed by atoms with van der Waals surface area (Å²) in [6, 6.07) is 0. The molecule has 0 radical (unpaired) electrons. The van der Waals surface area contributed by atoms with Crippen LogP contribution in [-0.2, 0) is 52.7 Å². The van der Waals surface area contributed by atoms with E-state index in [1.807, 2.05) is 90.0 Å². The van der Waals surface area contributed by atoms with Gasteiger partial charge in [0.05, 0.1) is 0 Å². The summed E-state index contributed by atoms with van der Waals surface area (Å²) in [6.45, 7) is 64.6. The normalized spacial score (nSPS) is 11.1. The van der Waals surface area contributed by atoms with E-state index in [0.29, 0.717) is 107 Å². The van der Waals surface area contributed by atoms with Crippen molar-refractivity contribution in [2.45, 2.75) is 383 Å². The summed E-state index contributed by atoms with van der Waals surface area (Å²) >= 11 is 0. The molecule has 0 N–H and O–H groups in total. The van der Waals surface area contributed by atoms with E-state index in [0.717, 1.165) is 116 Å². The number of hydrogen-bond acceptors (Lipinski definition) is 11. The molecule has 0 heterocycles. The Labute approximate surface area is 548 Å². The van der Waals surface area contributed by atoms with Gasteiger partial charge in [-0.2, -0.15) is 0 Å². The lowest BCUT2D eigenvalue weighted by atomic mass is 9.90. The van der Waals surface area contributed by atoms with Gasteiger partial charge in [0.2, 0.25) is 0 Å². The van der Waals surface area contributed by atoms with Crippen LogP contribution in [0.5, 0.6) is 0 Å². The monoisotopic (exact) mass is 1260 g/mol. The van der Waals surface area contributed by atoms with Crippen molar-refractivity contribution in [3.63, 3.8) is 0 Å². The molecule has 11 nitrogen and oxygen atoms in total. The number of hydrogen-bond donors (Lipinski definition) is 0. The Kier molecular flexibility index (Phi) is 93.9. The maximum Gasteiger partial charge on any atom is 0.137 e. The van der Waals surface area contributed by atoms with Crippen LogP contribution in [0, 0.1) is 52.3 Å². The molecule has 0 aromatic rings. The highest BCUT2D eigenvalue weighted by Gasteiger charge is 2.18. The van der Waals surface area contributed by atoms with Crippen molar-refractivity contribution in [3.05, 3.63) is 0 Å². The van der Waals surface area contributed by atoms with Gasteiger partial charge in [-0.05, 0) is 116 Å². The first-order chi connectivity index (χ1) is 40.2. The van der Waals surface area contributed by atoms with Gasteiger partial charge in [-0.15, -0.1) is 0 Å². The van der Waals surface area contributed by atoms with Gasteiger partial charge in [-0.1, -0.05) is 219 Å². The van der Waals surface area contributed by atoms with E-state index in [9.17, 15) is 52.7 Å². The summed E-state index contributed by atoms with van der Waals surface area (Å²) in [4.78, 5) is 116. The fourth-order valence-electron chi connectivity index (χ4n) is 6.50. The van der Waals surface area contributed by atoms with Crippen LogP contribution < -0.4 is 0 Å². The van der Waals surface area contributed by atoms with Gasteiger partial charge in [-0.3, -0.25) is 33.6 Å². The molecule has 3 atom stereocenters. The number of carbonyl (C=O) groups is 11. The number of rotatable bonds is 31. The quantitative estimate of drug-likeness (QED) is 0.0601. The smallest absolute Gasteiger partial charge is 0.137 e. The largest absolute Gasteiger partial charge is 0.300 e. The third-order valence-electron chi connectivity index (χ3n) is 13.0. The molecule has 528 valence electrons. The first kappa shape index (κ1) is 109. The third kappa shape index (κ3) is 128. The highest BCUT2D eigenvalue weighted by molar-refractivity contribution is 5.83. The van der Waals surface area contributed by atoms with E-state index in [1.54, 1.807) is 41.5 Å². The van der Waals surface area contributed by atoms with Gasteiger partial charge in [0.1, 0.15) is 63.6 Å². The minimum Gasteiger partial charge on any atom is -0.300 e.